The molecular formula is C14H20O3S. The number of hydrogen-bond acceptors (Lipinski definition) is 4. The van der Waals surface area contributed by atoms with Crippen LogP contribution in [0.15, 0.2) is 29.2 Å². The molecule has 0 aliphatic carbocycles. The summed E-state index contributed by atoms with van der Waals surface area (Å²) in [6.45, 7) is 7.68. The highest BCUT2D eigenvalue weighted by Crippen LogP contribution is 2.34. The fraction of sp³-hybridized carbons (Fsp3) is 0.500. The van der Waals surface area contributed by atoms with Gasteiger partial charge in [-0.3, -0.25) is 4.79 Å². The van der Waals surface area contributed by atoms with Crippen molar-refractivity contribution in [3.05, 3.63) is 24.3 Å². The molecule has 0 atom stereocenters. The molecule has 0 unspecified atom stereocenters. The standard InChI is InChI=1S/C14H20O3S/c1-10(2)17-11-6-8-12(9-7-11)18-14(3,4)13(15)16-5/h6-10H,1-5H3. The Morgan fingerprint density at radius 3 is 2.22 bits per heavy atom. The summed E-state index contributed by atoms with van der Waals surface area (Å²) in [5.41, 5.74) is 0. The lowest BCUT2D eigenvalue weighted by atomic mass is 10.2. The van der Waals surface area contributed by atoms with Crippen molar-refractivity contribution in [1.29, 1.82) is 0 Å². The van der Waals surface area contributed by atoms with Gasteiger partial charge in [-0.15, -0.1) is 11.8 Å². The molecule has 3 nitrogen and oxygen atoms in total. The lowest BCUT2D eigenvalue weighted by molar-refractivity contribution is -0.142. The number of ether oxygens (including phenoxy) is 2. The van der Waals surface area contributed by atoms with Crippen LogP contribution in [0.1, 0.15) is 27.7 Å². The van der Waals surface area contributed by atoms with Gasteiger partial charge in [0.2, 0.25) is 0 Å². The van der Waals surface area contributed by atoms with Crippen LogP contribution in [-0.2, 0) is 9.53 Å². The third-order valence-electron chi connectivity index (χ3n) is 2.25. The fourth-order valence-electron chi connectivity index (χ4n) is 1.44. The van der Waals surface area contributed by atoms with Gasteiger partial charge >= 0.3 is 5.97 Å². The molecular weight excluding hydrogens is 248 g/mol. The van der Waals surface area contributed by atoms with Crippen molar-refractivity contribution in [2.75, 3.05) is 7.11 Å². The van der Waals surface area contributed by atoms with Crippen molar-refractivity contribution in [3.63, 3.8) is 0 Å². The monoisotopic (exact) mass is 268 g/mol. The zero-order valence-electron chi connectivity index (χ0n) is 11.5. The Bertz CT molecular complexity index is 396. The van der Waals surface area contributed by atoms with Gasteiger partial charge in [-0.2, -0.15) is 0 Å². The molecule has 4 heteroatoms. The molecule has 0 bridgehead atoms. The second kappa shape index (κ2) is 6.14. The predicted octanol–water partition coefficient (Wildman–Crippen LogP) is 3.52. The molecule has 0 N–H and O–H groups in total. The smallest absolute Gasteiger partial charge is 0.321 e. The lowest BCUT2D eigenvalue weighted by Gasteiger charge is -2.20. The van der Waals surface area contributed by atoms with E-state index in [0.29, 0.717) is 0 Å². The number of rotatable bonds is 5. The van der Waals surface area contributed by atoms with Gasteiger partial charge < -0.3 is 9.47 Å². The van der Waals surface area contributed by atoms with E-state index in [4.69, 9.17) is 9.47 Å². The summed E-state index contributed by atoms with van der Waals surface area (Å²) >= 11 is 1.48. The van der Waals surface area contributed by atoms with Crippen molar-refractivity contribution >= 4 is 17.7 Å². The summed E-state index contributed by atoms with van der Waals surface area (Å²) < 4.78 is 9.76. The fourth-order valence-corrected chi connectivity index (χ4v) is 2.47. The summed E-state index contributed by atoms with van der Waals surface area (Å²) in [4.78, 5) is 12.6. The molecule has 0 saturated carbocycles. The van der Waals surface area contributed by atoms with Crippen LogP contribution in [0.2, 0.25) is 0 Å². The number of hydrogen-bond donors (Lipinski definition) is 0. The van der Waals surface area contributed by atoms with Crippen LogP contribution < -0.4 is 4.74 Å². The molecule has 0 aliphatic rings. The van der Waals surface area contributed by atoms with Gasteiger partial charge in [-0.25, -0.2) is 0 Å². The third kappa shape index (κ3) is 4.26. The van der Waals surface area contributed by atoms with Gasteiger partial charge in [-0.1, -0.05) is 0 Å². The summed E-state index contributed by atoms with van der Waals surface area (Å²) in [6.07, 6.45) is 0.162. The first-order valence-electron chi connectivity index (χ1n) is 5.89. The average molecular weight is 268 g/mol. The van der Waals surface area contributed by atoms with Crippen LogP contribution in [0.5, 0.6) is 5.75 Å². The minimum atomic E-state index is -0.588. The molecule has 0 aromatic heterocycles. The zero-order valence-corrected chi connectivity index (χ0v) is 12.3. The van der Waals surface area contributed by atoms with Gasteiger partial charge in [-0.05, 0) is 52.0 Å². The summed E-state index contributed by atoms with van der Waals surface area (Å²) in [7, 11) is 1.41. The topological polar surface area (TPSA) is 35.5 Å². The van der Waals surface area contributed by atoms with E-state index in [-0.39, 0.29) is 12.1 Å². The molecule has 1 rings (SSSR count). The Morgan fingerprint density at radius 2 is 1.78 bits per heavy atom. The Labute approximate surface area is 113 Å². The van der Waals surface area contributed by atoms with Crippen molar-refractivity contribution < 1.29 is 14.3 Å². The predicted molar refractivity (Wildman–Crippen MR) is 74.2 cm³/mol. The number of carbonyl (C=O) groups is 1. The van der Waals surface area contributed by atoms with Crippen LogP contribution in [0.3, 0.4) is 0 Å². The number of methoxy groups -OCH3 is 1. The Balaban J connectivity index is 2.72. The molecule has 18 heavy (non-hydrogen) atoms. The van der Waals surface area contributed by atoms with E-state index in [0.717, 1.165) is 10.6 Å². The van der Waals surface area contributed by atoms with Crippen LogP contribution in [0.4, 0.5) is 0 Å². The van der Waals surface area contributed by atoms with E-state index < -0.39 is 4.75 Å². The SMILES string of the molecule is COC(=O)C(C)(C)Sc1ccc(OC(C)C)cc1. The molecule has 0 saturated heterocycles. The Hall–Kier alpha value is -1.16. The van der Waals surface area contributed by atoms with Crippen LogP contribution in [0.25, 0.3) is 0 Å². The van der Waals surface area contributed by atoms with Crippen LogP contribution in [-0.4, -0.2) is 23.9 Å². The first kappa shape index (κ1) is 14.9. The molecule has 0 amide bonds. The minimum absolute atomic E-state index is 0.162. The number of thioether (sulfide) groups is 1. The van der Waals surface area contributed by atoms with Gasteiger partial charge in [0.25, 0.3) is 0 Å². The maximum absolute atomic E-state index is 11.6. The highest BCUT2D eigenvalue weighted by molar-refractivity contribution is 8.01. The number of benzene rings is 1. The van der Waals surface area contributed by atoms with Gasteiger partial charge in [0, 0.05) is 4.90 Å². The van der Waals surface area contributed by atoms with E-state index in [2.05, 4.69) is 0 Å². The minimum Gasteiger partial charge on any atom is -0.491 e. The maximum Gasteiger partial charge on any atom is 0.321 e. The molecule has 1 aromatic rings. The average Bonchev–Trinajstić information content (AvgIpc) is 2.29. The summed E-state index contributed by atoms with van der Waals surface area (Å²) in [5, 5.41) is 0. The van der Waals surface area contributed by atoms with Crippen molar-refractivity contribution in [2.24, 2.45) is 0 Å². The number of esters is 1. The van der Waals surface area contributed by atoms with E-state index >= 15 is 0 Å². The molecule has 0 spiro atoms. The zero-order chi connectivity index (χ0) is 13.8. The van der Waals surface area contributed by atoms with Gasteiger partial charge in [0.1, 0.15) is 10.5 Å². The lowest BCUT2D eigenvalue weighted by Crippen LogP contribution is -2.28. The third-order valence-corrected chi connectivity index (χ3v) is 3.43. The number of carbonyl (C=O) groups excluding carboxylic acids is 1. The highest BCUT2D eigenvalue weighted by atomic mass is 32.2. The summed E-state index contributed by atoms with van der Waals surface area (Å²) in [5.74, 6) is 0.611. The highest BCUT2D eigenvalue weighted by Gasteiger charge is 2.29. The maximum atomic E-state index is 11.6. The molecule has 1 aromatic carbocycles. The van der Waals surface area contributed by atoms with Crippen molar-refractivity contribution in [2.45, 2.75) is 43.4 Å². The Morgan fingerprint density at radius 1 is 1.22 bits per heavy atom. The first-order valence-corrected chi connectivity index (χ1v) is 6.71. The van der Waals surface area contributed by atoms with E-state index in [1.165, 1.54) is 18.9 Å². The van der Waals surface area contributed by atoms with Crippen molar-refractivity contribution in [1.82, 2.24) is 0 Å². The van der Waals surface area contributed by atoms with E-state index in [9.17, 15) is 4.79 Å². The summed E-state index contributed by atoms with van der Waals surface area (Å²) in [6, 6.07) is 7.73. The second-order valence-electron chi connectivity index (χ2n) is 4.74. The van der Waals surface area contributed by atoms with E-state index in [1.807, 2.05) is 52.0 Å². The molecule has 100 valence electrons. The molecule has 0 heterocycles. The quantitative estimate of drug-likeness (QED) is 0.604. The van der Waals surface area contributed by atoms with Crippen LogP contribution >= 0.6 is 11.8 Å². The molecule has 0 aliphatic heterocycles. The van der Waals surface area contributed by atoms with E-state index in [1.54, 1.807) is 0 Å². The normalized spacial score (nSPS) is 11.4. The first-order chi connectivity index (χ1) is 8.35. The van der Waals surface area contributed by atoms with Crippen molar-refractivity contribution in [3.8, 4) is 5.75 Å². The Kier molecular flexibility index (Phi) is 5.08. The van der Waals surface area contributed by atoms with Crippen LogP contribution in [0, 0.1) is 0 Å². The molecule has 0 radical (unpaired) electrons. The second-order valence-corrected chi connectivity index (χ2v) is 6.44. The largest absolute Gasteiger partial charge is 0.491 e. The van der Waals surface area contributed by atoms with Gasteiger partial charge in [0.05, 0.1) is 13.2 Å². The molecule has 0 fully saturated rings. The van der Waals surface area contributed by atoms with Gasteiger partial charge in [0.15, 0.2) is 0 Å².